The lowest BCUT2D eigenvalue weighted by Gasteiger charge is -2.22. The van der Waals surface area contributed by atoms with Crippen molar-refractivity contribution in [3.05, 3.63) is 47.7 Å². The molecule has 0 aliphatic carbocycles. The first-order valence-electron chi connectivity index (χ1n) is 7.21. The highest BCUT2D eigenvalue weighted by atomic mass is 16.2. The van der Waals surface area contributed by atoms with Crippen LogP contribution in [-0.4, -0.2) is 29.7 Å². The number of fused-ring (bicyclic) bond motifs is 1. The molecule has 2 heterocycles. The molecule has 0 saturated carbocycles. The van der Waals surface area contributed by atoms with E-state index in [1.165, 1.54) is 5.56 Å². The number of aryl methyl sites for hydroxylation is 1. The first-order chi connectivity index (χ1) is 10.3. The van der Waals surface area contributed by atoms with Crippen LogP contribution in [0.5, 0.6) is 0 Å². The summed E-state index contributed by atoms with van der Waals surface area (Å²) in [7, 11) is 1.77. The average molecular weight is 282 g/mol. The average Bonchev–Trinajstić information content (AvgIpc) is 2.77. The Morgan fingerprint density at radius 1 is 1.14 bits per heavy atom. The molecule has 1 aliphatic rings. The number of carbonyl (C=O) groups is 1. The van der Waals surface area contributed by atoms with Crippen LogP contribution in [-0.2, 0) is 6.42 Å². The fourth-order valence-electron chi connectivity index (χ4n) is 2.62. The predicted molar refractivity (Wildman–Crippen MR) is 82.6 cm³/mol. The maximum Gasteiger partial charge on any atom is 0.278 e. The molecule has 1 amide bonds. The summed E-state index contributed by atoms with van der Waals surface area (Å²) < 4.78 is 0. The highest BCUT2D eigenvalue weighted by molar-refractivity contribution is 6.05. The van der Waals surface area contributed by atoms with Crippen LogP contribution in [0.15, 0.2) is 36.4 Å². The van der Waals surface area contributed by atoms with E-state index in [2.05, 4.69) is 21.6 Å². The quantitative estimate of drug-likeness (QED) is 0.919. The highest BCUT2D eigenvalue weighted by Gasteiger charge is 2.23. The van der Waals surface area contributed by atoms with Crippen molar-refractivity contribution < 1.29 is 4.79 Å². The van der Waals surface area contributed by atoms with Gasteiger partial charge in [-0.1, -0.05) is 18.2 Å². The van der Waals surface area contributed by atoms with Crippen LogP contribution in [0.2, 0.25) is 0 Å². The van der Waals surface area contributed by atoms with Gasteiger partial charge >= 0.3 is 0 Å². The predicted octanol–water partition coefficient (Wildman–Crippen LogP) is 2.50. The molecule has 0 bridgehead atoms. The van der Waals surface area contributed by atoms with Crippen molar-refractivity contribution in [1.82, 2.24) is 10.2 Å². The second kappa shape index (κ2) is 5.91. The van der Waals surface area contributed by atoms with Crippen LogP contribution in [0.1, 0.15) is 28.9 Å². The number of para-hydroxylation sites is 1. The summed E-state index contributed by atoms with van der Waals surface area (Å²) in [6.45, 7) is 0.727. The second-order valence-corrected chi connectivity index (χ2v) is 5.10. The SMILES string of the molecule is CNc1ccc(C(=O)N2CCCCc3ccccc32)nn1. The number of nitrogens with one attached hydrogen (secondary N) is 1. The van der Waals surface area contributed by atoms with Gasteiger partial charge in [-0.25, -0.2) is 0 Å². The summed E-state index contributed by atoms with van der Waals surface area (Å²) in [5.41, 5.74) is 2.60. The van der Waals surface area contributed by atoms with Gasteiger partial charge in [0, 0.05) is 19.3 Å². The minimum Gasteiger partial charge on any atom is -0.372 e. The number of benzene rings is 1. The lowest BCUT2D eigenvalue weighted by molar-refractivity contribution is 0.0981. The minimum atomic E-state index is -0.0838. The van der Waals surface area contributed by atoms with Crippen LogP contribution in [0, 0.1) is 0 Å². The fraction of sp³-hybridized carbons (Fsp3) is 0.312. The van der Waals surface area contributed by atoms with Gasteiger partial charge in [0.15, 0.2) is 5.69 Å². The third-order valence-corrected chi connectivity index (χ3v) is 3.75. The molecule has 0 unspecified atom stereocenters. The summed E-state index contributed by atoms with van der Waals surface area (Å²) in [4.78, 5) is 14.5. The standard InChI is InChI=1S/C16H18N4O/c1-17-15-10-9-13(18-19-15)16(21)20-11-5-4-7-12-6-2-3-8-14(12)20/h2-3,6,8-10H,4-5,7,11H2,1H3,(H,17,19). The summed E-state index contributed by atoms with van der Waals surface area (Å²) in [6.07, 6.45) is 3.12. The number of carbonyl (C=O) groups excluding carboxylic acids is 1. The van der Waals surface area contributed by atoms with Crippen LogP contribution in [0.25, 0.3) is 0 Å². The summed E-state index contributed by atoms with van der Waals surface area (Å²) in [5.74, 6) is 0.572. The van der Waals surface area contributed by atoms with Crippen molar-refractivity contribution in [2.24, 2.45) is 0 Å². The van der Waals surface area contributed by atoms with Gasteiger partial charge in [-0.3, -0.25) is 4.79 Å². The summed E-state index contributed by atoms with van der Waals surface area (Å²) in [6, 6.07) is 11.6. The number of amides is 1. The van der Waals surface area contributed by atoms with Gasteiger partial charge in [-0.15, -0.1) is 10.2 Å². The molecule has 0 saturated heterocycles. The third kappa shape index (κ3) is 2.72. The molecule has 108 valence electrons. The zero-order valence-corrected chi connectivity index (χ0v) is 12.0. The molecule has 1 N–H and O–H groups in total. The number of aromatic nitrogens is 2. The van der Waals surface area contributed by atoms with E-state index < -0.39 is 0 Å². The Morgan fingerprint density at radius 3 is 2.76 bits per heavy atom. The molecule has 1 aromatic heterocycles. The Morgan fingerprint density at radius 2 is 2.00 bits per heavy atom. The van der Waals surface area contributed by atoms with E-state index in [4.69, 9.17) is 0 Å². The molecule has 0 atom stereocenters. The van der Waals surface area contributed by atoms with Gasteiger partial charge in [-0.05, 0) is 43.0 Å². The first-order valence-corrected chi connectivity index (χ1v) is 7.21. The maximum absolute atomic E-state index is 12.7. The molecular formula is C16H18N4O. The Balaban J connectivity index is 1.93. The van der Waals surface area contributed by atoms with Gasteiger partial charge in [0.2, 0.25) is 0 Å². The molecule has 1 aromatic carbocycles. The molecule has 0 radical (unpaired) electrons. The highest BCUT2D eigenvalue weighted by Crippen LogP contribution is 2.27. The zero-order chi connectivity index (χ0) is 14.7. The Bertz CT molecular complexity index is 639. The van der Waals surface area contributed by atoms with Gasteiger partial charge in [0.05, 0.1) is 0 Å². The first kappa shape index (κ1) is 13.5. The molecule has 2 aromatic rings. The molecule has 0 spiro atoms. The zero-order valence-electron chi connectivity index (χ0n) is 12.0. The molecular weight excluding hydrogens is 264 g/mol. The molecule has 0 fully saturated rings. The number of anilines is 2. The molecule has 1 aliphatic heterocycles. The number of hydrogen-bond donors (Lipinski definition) is 1. The lowest BCUT2D eigenvalue weighted by Crippen LogP contribution is -2.32. The van der Waals surface area contributed by atoms with E-state index in [9.17, 15) is 4.79 Å². The van der Waals surface area contributed by atoms with E-state index in [0.29, 0.717) is 11.5 Å². The van der Waals surface area contributed by atoms with Crippen molar-refractivity contribution in [2.75, 3.05) is 23.8 Å². The molecule has 21 heavy (non-hydrogen) atoms. The normalized spacial score (nSPS) is 14.2. The largest absolute Gasteiger partial charge is 0.372 e. The lowest BCUT2D eigenvalue weighted by atomic mass is 10.1. The van der Waals surface area contributed by atoms with Crippen LogP contribution in [0.4, 0.5) is 11.5 Å². The number of rotatable bonds is 2. The van der Waals surface area contributed by atoms with Gasteiger partial charge in [-0.2, -0.15) is 0 Å². The molecule has 3 rings (SSSR count). The van der Waals surface area contributed by atoms with Gasteiger partial charge < -0.3 is 10.2 Å². The Hall–Kier alpha value is -2.43. The van der Waals surface area contributed by atoms with Crippen LogP contribution >= 0.6 is 0 Å². The smallest absolute Gasteiger partial charge is 0.278 e. The third-order valence-electron chi connectivity index (χ3n) is 3.75. The van der Waals surface area contributed by atoms with E-state index in [0.717, 1.165) is 31.5 Å². The monoisotopic (exact) mass is 282 g/mol. The molecule has 5 heteroatoms. The Kier molecular flexibility index (Phi) is 3.81. The van der Waals surface area contributed by atoms with E-state index in [1.54, 1.807) is 19.2 Å². The maximum atomic E-state index is 12.7. The number of hydrogen-bond acceptors (Lipinski definition) is 4. The van der Waals surface area contributed by atoms with Crippen LogP contribution in [0.3, 0.4) is 0 Å². The van der Waals surface area contributed by atoms with E-state index >= 15 is 0 Å². The minimum absolute atomic E-state index is 0.0838. The van der Waals surface area contributed by atoms with Crippen molar-refractivity contribution in [3.8, 4) is 0 Å². The number of nitrogens with zero attached hydrogens (tertiary/aromatic N) is 3. The van der Waals surface area contributed by atoms with Crippen molar-refractivity contribution >= 4 is 17.4 Å². The second-order valence-electron chi connectivity index (χ2n) is 5.10. The van der Waals surface area contributed by atoms with Crippen LogP contribution < -0.4 is 10.2 Å². The Labute approximate surface area is 124 Å². The fourth-order valence-corrected chi connectivity index (χ4v) is 2.62. The van der Waals surface area contributed by atoms with Gasteiger partial charge in [0.25, 0.3) is 5.91 Å². The molecule has 5 nitrogen and oxygen atoms in total. The van der Waals surface area contributed by atoms with E-state index in [1.807, 2.05) is 23.1 Å². The summed E-state index contributed by atoms with van der Waals surface area (Å²) >= 11 is 0. The topological polar surface area (TPSA) is 58.1 Å². The summed E-state index contributed by atoms with van der Waals surface area (Å²) in [5, 5.41) is 10.9. The van der Waals surface area contributed by atoms with Gasteiger partial charge in [0.1, 0.15) is 5.82 Å². The van der Waals surface area contributed by atoms with Crippen molar-refractivity contribution in [2.45, 2.75) is 19.3 Å². The van der Waals surface area contributed by atoms with Crippen molar-refractivity contribution in [1.29, 1.82) is 0 Å². The van der Waals surface area contributed by atoms with Crippen molar-refractivity contribution in [3.63, 3.8) is 0 Å². The van der Waals surface area contributed by atoms with E-state index in [-0.39, 0.29) is 5.91 Å².